The summed E-state index contributed by atoms with van der Waals surface area (Å²) >= 11 is 0. The predicted octanol–water partition coefficient (Wildman–Crippen LogP) is 2.67. The van der Waals surface area contributed by atoms with Crippen LogP contribution in [0.2, 0.25) is 0 Å². The third-order valence-electron chi connectivity index (χ3n) is 4.70. The van der Waals surface area contributed by atoms with E-state index in [1.807, 2.05) is 55.5 Å². The van der Waals surface area contributed by atoms with Crippen molar-refractivity contribution < 1.29 is 14.7 Å². The summed E-state index contributed by atoms with van der Waals surface area (Å²) in [5.74, 6) is -0.174. The van der Waals surface area contributed by atoms with Crippen molar-refractivity contribution in [2.75, 3.05) is 37.7 Å². The quantitative estimate of drug-likeness (QED) is 0.777. The summed E-state index contributed by atoms with van der Waals surface area (Å²) < 4.78 is 0. The standard InChI is InChI=1S/C22H25N3O3/c1-17-9-10-19(16-20(17)25-13-11-23-22(25)28)21(27)24(14-15-26)12-5-8-18-6-3-2-4-7-18/h2-10,16,26H,11-15H2,1H3,(H,23,28)/b8-5+. The van der Waals surface area contributed by atoms with Gasteiger partial charge in [0.15, 0.2) is 0 Å². The lowest BCUT2D eigenvalue weighted by Gasteiger charge is -2.22. The highest BCUT2D eigenvalue weighted by Gasteiger charge is 2.24. The molecule has 0 bridgehead atoms. The van der Waals surface area contributed by atoms with Gasteiger partial charge in [0.05, 0.1) is 6.61 Å². The molecule has 1 fully saturated rings. The van der Waals surface area contributed by atoms with E-state index in [0.29, 0.717) is 25.2 Å². The van der Waals surface area contributed by atoms with Crippen LogP contribution in [0.4, 0.5) is 10.5 Å². The van der Waals surface area contributed by atoms with Crippen LogP contribution < -0.4 is 10.2 Å². The van der Waals surface area contributed by atoms with E-state index >= 15 is 0 Å². The van der Waals surface area contributed by atoms with E-state index in [4.69, 9.17) is 0 Å². The van der Waals surface area contributed by atoms with Gasteiger partial charge in [0.2, 0.25) is 0 Å². The number of anilines is 1. The topological polar surface area (TPSA) is 72.9 Å². The Hall–Kier alpha value is -3.12. The van der Waals surface area contributed by atoms with Crippen LogP contribution in [0.3, 0.4) is 0 Å². The van der Waals surface area contributed by atoms with Gasteiger partial charge in [-0.2, -0.15) is 0 Å². The molecule has 3 amide bonds. The van der Waals surface area contributed by atoms with Gasteiger partial charge in [-0.15, -0.1) is 0 Å². The van der Waals surface area contributed by atoms with Crippen molar-refractivity contribution in [3.63, 3.8) is 0 Å². The number of rotatable bonds is 7. The van der Waals surface area contributed by atoms with Gasteiger partial charge < -0.3 is 15.3 Å². The maximum absolute atomic E-state index is 13.0. The molecule has 6 nitrogen and oxygen atoms in total. The molecule has 2 aromatic carbocycles. The zero-order valence-electron chi connectivity index (χ0n) is 16.0. The minimum absolute atomic E-state index is 0.113. The lowest BCUT2D eigenvalue weighted by molar-refractivity contribution is 0.0743. The number of nitrogens with zero attached hydrogens (tertiary/aromatic N) is 2. The smallest absolute Gasteiger partial charge is 0.322 e. The van der Waals surface area contributed by atoms with Crippen LogP contribution in [0.1, 0.15) is 21.5 Å². The van der Waals surface area contributed by atoms with Crippen LogP contribution in [-0.2, 0) is 0 Å². The van der Waals surface area contributed by atoms with Gasteiger partial charge in [0.1, 0.15) is 0 Å². The Labute approximate surface area is 165 Å². The van der Waals surface area contributed by atoms with Crippen molar-refractivity contribution in [3.05, 3.63) is 71.3 Å². The lowest BCUT2D eigenvalue weighted by Crippen LogP contribution is -2.34. The maximum atomic E-state index is 13.0. The number of amides is 3. The number of carbonyl (C=O) groups excluding carboxylic acids is 2. The highest BCUT2D eigenvalue weighted by molar-refractivity contribution is 5.99. The summed E-state index contributed by atoms with van der Waals surface area (Å²) in [4.78, 5) is 28.2. The molecule has 2 aromatic rings. The molecule has 0 aromatic heterocycles. The van der Waals surface area contributed by atoms with Crippen molar-refractivity contribution in [2.45, 2.75) is 6.92 Å². The summed E-state index contributed by atoms with van der Waals surface area (Å²) in [5, 5.41) is 12.2. The van der Waals surface area contributed by atoms with Gasteiger partial charge >= 0.3 is 6.03 Å². The largest absolute Gasteiger partial charge is 0.395 e. The van der Waals surface area contributed by atoms with Gasteiger partial charge in [-0.1, -0.05) is 48.6 Å². The molecule has 1 saturated heterocycles. The number of hydrogen-bond acceptors (Lipinski definition) is 3. The molecular weight excluding hydrogens is 354 g/mol. The molecule has 28 heavy (non-hydrogen) atoms. The lowest BCUT2D eigenvalue weighted by atomic mass is 10.1. The first-order chi connectivity index (χ1) is 13.6. The predicted molar refractivity (Wildman–Crippen MR) is 110 cm³/mol. The monoisotopic (exact) mass is 379 g/mol. The first kappa shape index (κ1) is 19.6. The normalized spacial score (nSPS) is 13.8. The number of carbonyl (C=O) groups is 2. The molecule has 1 aliphatic rings. The third-order valence-corrected chi connectivity index (χ3v) is 4.70. The molecule has 1 aliphatic heterocycles. The number of nitrogens with one attached hydrogen (secondary N) is 1. The van der Waals surface area contributed by atoms with E-state index in [1.54, 1.807) is 21.9 Å². The molecule has 3 rings (SSSR count). The second-order valence-electron chi connectivity index (χ2n) is 6.67. The summed E-state index contributed by atoms with van der Waals surface area (Å²) in [6, 6.07) is 15.1. The Morgan fingerprint density at radius 3 is 2.71 bits per heavy atom. The zero-order valence-corrected chi connectivity index (χ0v) is 16.0. The van der Waals surface area contributed by atoms with Crippen LogP contribution in [0, 0.1) is 6.92 Å². The average molecular weight is 379 g/mol. The first-order valence-corrected chi connectivity index (χ1v) is 9.38. The molecule has 6 heteroatoms. The second-order valence-corrected chi connectivity index (χ2v) is 6.67. The number of hydrogen-bond donors (Lipinski definition) is 2. The van der Waals surface area contributed by atoms with E-state index in [1.165, 1.54) is 0 Å². The molecule has 0 atom stereocenters. The van der Waals surface area contributed by atoms with Gasteiger partial charge in [-0.3, -0.25) is 9.69 Å². The SMILES string of the molecule is Cc1ccc(C(=O)N(C/C=C/c2ccccc2)CCO)cc1N1CCNC1=O. The highest BCUT2D eigenvalue weighted by atomic mass is 16.3. The van der Waals surface area contributed by atoms with Crippen molar-refractivity contribution in [1.82, 2.24) is 10.2 Å². The molecule has 2 N–H and O–H groups in total. The van der Waals surface area contributed by atoms with Crippen LogP contribution in [0.5, 0.6) is 0 Å². The second kappa shape index (κ2) is 9.19. The summed E-state index contributed by atoms with van der Waals surface area (Å²) in [7, 11) is 0. The zero-order chi connectivity index (χ0) is 19.9. The molecule has 0 aliphatic carbocycles. The van der Waals surface area contributed by atoms with Crippen molar-refractivity contribution in [3.8, 4) is 0 Å². The van der Waals surface area contributed by atoms with Crippen LogP contribution in [0.25, 0.3) is 6.08 Å². The summed E-state index contributed by atoms with van der Waals surface area (Å²) in [6.07, 6.45) is 3.86. The highest BCUT2D eigenvalue weighted by Crippen LogP contribution is 2.24. The Balaban J connectivity index is 1.77. The fraction of sp³-hybridized carbons (Fsp3) is 0.273. The van der Waals surface area contributed by atoms with Gasteiger partial charge in [0, 0.05) is 37.4 Å². The number of aliphatic hydroxyl groups is 1. The van der Waals surface area contributed by atoms with Crippen LogP contribution in [-0.4, -0.2) is 54.7 Å². The van der Waals surface area contributed by atoms with Crippen LogP contribution in [0.15, 0.2) is 54.6 Å². The van der Waals surface area contributed by atoms with E-state index in [9.17, 15) is 14.7 Å². The van der Waals surface area contributed by atoms with Crippen molar-refractivity contribution >= 4 is 23.7 Å². The minimum Gasteiger partial charge on any atom is -0.395 e. The Bertz CT molecular complexity index is 865. The average Bonchev–Trinajstić information content (AvgIpc) is 3.14. The molecule has 0 radical (unpaired) electrons. The van der Waals surface area contributed by atoms with Crippen molar-refractivity contribution in [1.29, 1.82) is 0 Å². The van der Waals surface area contributed by atoms with Gasteiger partial charge in [-0.25, -0.2) is 4.79 Å². The van der Waals surface area contributed by atoms with Gasteiger partial charge in [-0.05, 0) is 30.2 Å². The Morgan fingerprint density at radius 1 is 1.25 bits per heavy atom. The molecular formula is C22H25N3O3. The molecule has 0 saturated carbocycles. The van der Waals surface area contributed by atoms with E-state index in [2.05, 4.69) is 5.32 Å². The van der Waals surface area contributed by atoms with E-state index < -0.39 is 0 Å². The molecule has 1 heterocycles. The maximum Gasteiger partial charge on any atom is 0.322 e. The molecule has 0 spiro atoms. The molecule has 0 unspecified atom stereocenters. The van der Waals surface area contributed by atoms with E-state index in [0.717, 1.165) is 16.8 Å². The van der Waals surface area contributed by atoms with Crippen LogP contribution >= 0.6 is 0 Å². The van der Waals surface area contributed by atoms with Crippen molar-refractivity contribution in [2.24, 2.45) is 0 Å². The Kier molecular flexibility index (Phi) is 6.45. The number of aliphatic hydroxyl groups excluding tert-OH is 1. The molecule has 146 valence electrons. The minimum atomic E-state index is -0.174. The van der Waals surface area contributed by atoms with Gasteiger partial charge in [0.25, 0.3) is 5.91 Å². The first-order valence-electron chi connectivity index (χ1n) is 9.38. The third kappa shape index (κ3) is 4.58. The number of urea groups is 1. The summed E-state index contributed by atoms with van der Waals surface area (Å²) in [6.45, 7) is 3.61. The number of benzene rings is 2. The summed E-state index contributed by atoms with van der Waals surface area (Å²) in [5.41, 5.74) is 3.23. The number of aryl methyl sites for hydroxylation is 1. The Morgan fingerprint density at radius 2 is 2.04 bits per heavy atom. The fourth-order valence-electron chi connectivity index (χ4n) is 3.19. The fourth-order valence-corrected chi connectivity index (χ4v) is 3.19. The van der Waals surface area contributed by atoms with E-state index in [-0.39, 0.29) is 25.1 Å².